The molecule has 3 aromatic heterocycles. The van der Waals surface area contributed by atoms with Crippen molar-refractivity contribution < 1.29 is 9.32 Å². The molecular weight excluding hydrogens is 368 g/mol. The van der Waals surface area contributed by atoms with E-state index in [-0.39, 0.29) is 17.4 Å². The van der Waals surface area contributed by atoms with E-state index in [2.05, 4.69) is 39.3 Å². The number of nitrogens with zero attached hydrogens (tertiary/aromatic N) is 5. The standard InChI is InChI=1S/C21H24N6O2/c1-5-17-18(12(2)27-29-17)20(28)26-15-9-21(3,4)8-14-13(15)10-24-19(25-14)16-11-22-6-7-23-16/h6-7,10-11,15H,5,8-9H2,1-4H3,(H,26,28)/t15-/m0/s1. The van der Waals surface area contributed by atoms with Gasteiger partial charge in [0, 0.05) is 30.6 Å². The second-order valence-electron chi connectivity index (χ2n) is 8.18. The number of nitrogens with one attached hydrogen (secondary N) is 1. The first kappa shape index (κ1) is 19.2. The van der Waals surface area contributed by atoms with Crippen LogP contribution in [0, 0.1) is 12.3 Å². The van der Waals surface area contributed by atoms with Crippen LogP contribution in [-0.2, 0) is 12.8 Å². The molecule has 1 aliphatic carbocycles. The highest BCUT2D eigenvalue weighted by Gasteiger charge is 2.35. The Hall–Kier alpha value is -3.16. The number of carbonyl (C=O) groups is 1. The van der Waals surface area contributed by atoms with Crippen molar-refractivity contribution in [1.29, 1.82) is 0 Å². The Morgan fingerprint density at radius 2 is 2.10 bits per heavy atom. The van der Waals surface area contributed by atoms with Gasteiger partial charge in [0.05, 0.1) is 23.6 Å². The topological polar surface area (TPSA) is 107 Å². The van der Waals surface area contributed by atoms with E-state index in [1.54, 1.807) is 31.7 Å². The Morgan fingerprint density at radius 3 is 2.83 bits per heavy atom. The largest absolute Gasteiger partial charge is 0.360 e. The SMILES string of the molecule is CCc1onc(C)c1C(=O)N[C@H]1CC(C)(C)Cc2nc(-c3cnccn3)ncc21. The minimum absolute atomic E-state index is 0.0176. The summed E-state index contributed by atoms with van der Waals surface area (Å²) in [7, 11) is 0. The maximum Gasteiger partial charge on any atom is 0.257 e. The van der Waals surface area contributed by atoms with Gasteiger partial charge in [-0.25, -0.2) is 15.0 Å². The van der Waals surface area contributed by atoms with Crippen LogP contribution in [0.3, 0.4) is 0 Å². The highest BCUT2D eigenvalue weighted by Crippen LogP contribution is 2.40. The number of fused-ring (bicyclic) bond motifs is 1. The third-order valence-corrected chi connectivity index (χ3v) is 5.26. The average Bonchev–Trinajstić information content (AvgIpc) is 3.08. The van der Waals surface area contributed by atoms with Crippen LogP contribution in [0.25, 0.3) is 11.5 Å². The zero-order valence-corrected chi connectivity index (χ0v) is 17.1. The zero-order chi connectivity index (χ0) is 20.6. The summed E-state index contributed by atoms with van der Waals surface area (Å²) in [6.45, 7) is 8.09. The van der Waals surface area contributed by atoms with Gasteiger partial charge in [0.25, 0.3) is 5.91 Å². The molecule has 0 fully saturated rings. The predicted octanol–water partition coefficient (Wildman–Crippen LogP) is 3.24. The second kappa shape index (κ2) is 7.35. The van der Waals surface area contributed by atoms with Crippen LogP contribution in [0.2, 0.25) is 0 Å². The van der Waals surface area contributed by atoms with Gasteiger partial charge in [-0.2, -0.15) is 0 Å². The van der Waals surface area contributed by atoms with E-state index in [0.717, 1.165) is 24.1 Å². The van der Waals surface area contributed by atoms with E-state index in [1.165, 1.54) is 0 Å². The van der Waals surface area contributed by atoms with Gasteiger partial charge >= 0.3 is 0 Å². The summed E-state index contributed by atoms with van der Waals surface area (Å²) in [5, 5.41) is 7.11. The molecule has 0 spiro atoms. The van der Waals surface area contributed by atoms with Crippen molar-refractivity contribution in [2.75, 3.05) is 0 Å². The molecule has 0 saturated carbocycles. The molecule has 1 atom stereocenters. The molecule has 0 saturated heterocycles. The summed E-state index contributed by atoms with van der Waals surface area (Å²) in [6.07, 6.45) is 8.90. The van der Waals surface area contributed by atoms with E-state index in [4.69, 9.17) is 9.51 Å². The van der Waals surface area contributed by atoms with Crippen LogP contribution in [0.15, 0.2) is 29.3 Å². The number of hydrogen-bond acceptors (Lipinski definition) is 7. The van der Waals surface area contributed by atoms with Crippen molar-refractivity contribution in [3.63, 3.8) is 0 Å². The zero-order valence-electron chi connectivity index (χ0n) is 17.1. The molecule has 0 unspecified atom stereocenters. The first-order chi connectivity index (χ1) is 13.9. The minimum Gasteiger partial charge on any atom is -0.360 e. The van der Waals surface area contributed by atoms with Crippen LogP contribution >= 0.6 is 0 Å². The number of aromatic nitrogens is 5. The van der Waals surface area contributed by atoms with Crippen molar-refractivity contribution in [1.82, 2.24) is 30.4 Å². The van der Waals surface area contributed by atoms with Gasteiger partial charge in [-0.05, 0) is 25.2 Å². The molecule has 4 rings (SSSR count). The highest BCUT2D eigenvalue weighted by molar-refractivity contribution is 5.96. The molecule has 29 heavy (non-hydrogen) atoms. The summed E-state index contributed by atoms with van der Waals surface area (Å²) in [4.78, 5) is 30.6. The van der Waals surface area contributed by atoms with Crippen LogP contribution < -0.4 is 5.32 Å². The Kier molecular flexibility index (Phi) is 4.86. The van der Waals surface area contributed by atoms with Crippen molar-refractivity contribution in [3.8, 4) is 11.5 Å². The van der Waals surface area contributed by atoms with Crippen LogP contribution in [-0.4, -0.2) is 31.0 Å². The highest BCUT2D eigenvalue weighted by atomic mass is 16.5. The fourth-order valence-electron chi connectivity index (χ4n) is 3.89. The molecule has 3 aromatic rings. The molecule has 1 aliphatic rings. The van der Waals surface area contributed by atoms with E-state index in [9.17, 15) is 4.79 Å². The smallest absolute Gasteiger partial charge is 0.257 e. The van der Waals surface area contributed by atoms with Crippen molar-refractivity contribution in [2.24, 2.45) is 5.41 Å². The molecule has 1 amide bonds. The number of rotatable bonds is 4. The first-order valence-corrected chi connectivity index (χ1v) is 9.76. The Labute approximate surface area is 169 Å². The molecule has 3 heterocycles. The molecule has 1 N–H and O–H groups in total. The molecule has 0 bridgehead atoms. The lowest BCUT2D eigenvalue weighted by Gasteiger charge is -2.36. The lowest BCUT2D eigenvalue weighted by Crippen LogP contribution is -2.37. The van der Waals surface area contributed by atoms with Gasteiger partial charge in [0.15, 0.2) is 5.82 Å². The van der Waals surface area contributed by atoms with Crippen LogP contribution in [0.5, 0.6) is 0 Å². The van der Waals surface area contributed by atoms with Gasteiger partial charge < -0.3 is 9.84 Å². The first-order valence-electron chi connectivity index (χ1n) is 9.76. The summed E-state index contributed by atoms with van der Waals surface area (Å²) in [5.41, 5.74) is 3.61. The predicted molar refractivity (Wildman–Crippen MR) is 106 cm³/mol. The minimum atomic E-state index is -0.184. The number of hydrogen-bond donors (Lipinski definition) is 1. The van der Waals surface area contributed by atoms with Gasteiger partial charge in [-0.1, -0.05) is 25.9 Å². The maximum absolute atomic E-state index is 13.0. The van der Waals surface area contributed by atoms with Crippen molar-refractivity contribution in [2.45, 2.75) is 53.0 Å². The number of aryl methyl sites for hydroxylation is 2. The average molecular weight is 392 g/mol. The van der Waals surface area contributed by atoms with E-state index < -0.39 is 0 Å². The summed E-state index contributed by atoms with van der Waals surface area (Å²) >= 11 is 0. The molecule has 0 aliphatic heterocycles. The molecule has 8 heteroatoms. The number of amides is 1. The summed E-state index contributed by atoms with van der Waals surface area (Å²) < 4.78 is 5.28. The van der Waals surface area contributed by atoms with Crippen molar-refractivity contribution in [3.05, 3.63) is 53.1 Å². The summed E-state index contributed by atoms with van der Waals surface area (Å²) in [6, 6.07) is -0.184. The van der Waals surface area contributed by atoms with E-state index in [0.29, 0.717) is 35.0 Å². The molecular formula is C21H24N6O2. The molecule has 150 valence electrons. The van der Waals surface area contributed by atoms with Gasteiger partial charge in [0.1, 0.15) is 17.0 Å². The van der Waals surface area contributed by atoms with Crippen LogP contribution in [0.4, 0.5) is 0 Å². The molecule has 0 radical (unpaired) electrons. The monoisotopic (exact) mass is 392 g/mol. The molecule has 8 nitrogen and oxygen atoms in total. The molecule has 0 aromatic carbocycles. The fraction of sp³-hybridized carbons (Fsp3) is 0.429. The van der Waals surface area contributed by atoms with E-state index in [1.807, 2.05) is 6.92 Å². The summed E-state index contributed by atoms with van der Waals surface area (Å²) in [5.74, 6) is 0.972. The Morgan fingerprint density at radius 1 is 1.28 bits per heavy atom. The third-order valence-electron chi connectivity index (χ3n) is 5.26. The second-order valence-corrected chi connectivity index (χ2v) is 8.18. The Bertz CT molecular complexity index is 1040. The van der Waals surface area contributed by atoms with Crippen molar-refractivity contribution >= 4 is 5.91 Å². The van der Waals surface area contributed by atoms with E-state index >= 15 is 0 Å². The fourth-order valence-corrected chi connectivity index (χ4v) is 3.89. The maximum atomic E-state index is 13.0. The van der Waals surface area contributed by atoms with Gasteiger partial charge in [0.2, 0.25) is 0 Å². The van der Waals surface area contributed by atoms with Gasteiger partial charge in [-0.15, -0.1) is 0 Å². The third kappa shape index (κ3) is 3.74. The number of carbonyl (C=O) groups excluding carboxylic acids is 1. The van der Waals surface area contributed by atoms with Gasteiger partial charge in [-0.3, -0.25) is 9.78 Å². The normalized spacial score (nSPS) is 17.6. The lowest BCUT2D eigenvalue weighted by molar-refractivity contribution is 0.0916. The van der Waals surface area contributed by atoms with Crippen LogP contribution in [0.1, 0.15) is 66.3 Å². The lowest BCUT2D eigenvalue weighted by atomic mass is 9.74. The Balaban J connectivity index is 1.67. The quantitative estimate of drug-likeness (QED) is 0.726.